The Morgan fingerprint density at radius 2 is 1.86 bits per heavy atom. The van der Waals surface area contributed by atoms with Gasteiger partial charge in [-0.05, 0) is 60.2 Å². The Morgan fingerprint density at radius 1 is 1.09 bits per heavy atom. The lowest BCUT2D eigenvalue weighted by Crippen LogP contribution is -2.05. The summed E-state index contributed by atoms with van der Waals surface area (Å²) in [6, 6.07) is 14.6. The maximum Gasteiger partial charge on any atom is 0.123 e. The highest BCUT2D eigenvalue weighted by Gasteiger charge is 2.13. The molecule has 112 valence electrons. The Bertz CT molecular complexity index is 688. The van der Waals surface area contributed by atoms with Gasteiger partial charge in [-0.15, -0.1) is 0 Å². The van der Waals surface area contributed by atoms with Crippen LogP contribution in [-0.4, -0.2) is 6.61 Å². The Hall–Kier alpha value is -2.34. The molecule has 2 nitrogen and oxygen atoms in total. The Kier molecular flexibility index (Phi) is 4.39. The molecule has 0 heterocycles. The average Bonchev–Trinajstić information content (AvgIpc) is 3.00. The van der Waals surface area contributed by atoms with E-state index in [1.165, 1.54) is 29.7 Å². The molecule has 3 heteroatoms. The number of benzene rings is 2. The van der Waals surface area contributed by atoms with Crippen molar-refractivity contribution in [1.82, 2.24) is 0 Å². The van der Waals surface area contributed by atoms with Crippen LogP contribution in [0.15, 0.2) is 42.5 Å². The minimum absolute atomic E-state index is 0.268. The fourth-order valence-electron chi connectivity index (χ4n) is 2.93. The molecule has 1 unspecified atom stereocenters. The van der Waals surface area contributed by atoms with E-state index in [4.69, 9.17) is 4.74 Å². The number of fused-ring (bicyclic) bond motifs is 1. The Balaban J connectivity index is 1.57. The monoisotopic (exact) mass is 295 g/mol. The van der Waals surface area contributed by atoms with Gasteiger partial charge in [0, 0.05) is 6.42 Å². The molecule has 3 rings (SSSR count). The van der Waals surface area contributed by atoms with Crippen LogP contribution in [0.2, 0.25) is 0 Å². The topological polar surface area (TPSA) is 33.0 Å². The van der Waals surface area contributed by atoms with Crippen LogP contribution in [0.25, 0.3) is 0 Å². The lowest BCUT2D eigenvalue weighted by Gasteiger charge is -2.12. The molecule has 1 aliphatic rings. The molecule has 0 aliphatic heterocycles. The minimum Gasteiger partial charge on any atom is -0.494 e. The molecule has 0 radical (unpaired) electrons. The van der Waals surface area contributed by atoms with Gasteiger partial charge in [0.1, 0.15) is 11.6 Å². The van der Waals surface area contributed by atoms with Crippen molar-refractivity contribution in [3.05, 3.63) is 65.0 Å². The second kappa shape index (κ2) is 6.62. The van der Waals surface area contributed by atoms with Crippen LogP contribution in [0, 0.1) is 17.1 Å². The van der Waals surface area contributed by atoms with E-state index < -0.39 is 0 Å². The zero-order valence-electron chi connectivity index (χ0n) is 12.4. The molecule has 0 amide bonds. The van der Waals surface area contributed by atoms with Crippen molar-refractivity contribution in [2.75, 3.05) is 6.61 Å². The number of nitriles is 1. The van der Waals surface area contributed by atoms with Crippen LogP contribution in [0.3, 0.4) is 0 Å². The third-order valence-corrected chi connectivity index (χ3v) is 4.17. The number of ether oxygens (including phenoxy) is 1. The zero-order valence-corrected chi connectivity index (χ0v) is 12.4. The second-order valence-corrected chi connectivity index (χ2v) is 5.65. The van der Waals surface area contributed by atoms with Gasteiger partial charge in [-0.25, -0.2) is 4.39 Å². The van der Waals surface area contributed by atoms with Crippen LogP contribution in [0.1, 0.15) is 35.4 Å². The fourth-order valence-corrected chi connectivity index (χ4v) is 2.93. The molecule has 0 saturated carbocycles. The van der Waals surface area contributed by atoms with E-state index >= 15 is 0 Å². The number of rotatable bonds is 5. The maximum atomic E-state index is 12.9. The number of hydrogen-bond donors (Lipinski definition) is 0. The van der Waals surface area contributed by atoms with Gasteiger partial charge in [-0.1, -0.05) is 18.2 Å². The summed E-state index contributed by atoms with van der Waals surface area (Å²) >= 11 is 0. The van der Waals surface area contributed by atoms with Gasteiger partial charge in [0.2, 0.25) is 0 Å². The normalized spacial score (nSPS) is 14.2. The van der Waals surface area contributed by atoms with E-state index in [9.17, 15) is 9.65 Å². The molecule has 0 N–H and O–H groups in total. The van der Waals surface area contributed by atoms with E-state index in [1.807, 2.05) is 6.07 Å². The summed E-state index contributed by atoms with van der Waals surface area (Å²) in [5.41, 5.74) is 3.64. The SMILES string of the molecule is N#CC(CCOc1ccc2c(c1)CCC2)c1ccc(F)cc1. The van der Waals surface area contributed by atoms with Gasteiger partial charge >= 0.3 is 0 Å². The predicted octanol–water partition coefficient (Wildman–Crippen LogP) is 4.39. The number of nitrogens with zero attached hydrogens (tertiary/aromatic N) is 1. The highest BCUT2D eigenvalue weighted by molar-refractivity contribution is 5.38. The van der Waals surface area contributed by atoms with Crippen molar-refractivity contribution < 1.29 is 9.13 Å². The fraction of sp³-hybridized carbons (Fsp3) is 0.316. The lowest BCUT2D eigenvalue weighted by molar-refractivity contribution is 0.305. The van der Waals surface area contributed by atoms with Crippen molar-refractivity contribution in [3.8, 4) is 11.8 Å². The molecule has 0 fully saturated rings. The first-order chi connectivity index (χ1) is 10.8. The van der Waals surface area contributed by atoms with Gasteiger partial charge < -0.3 is 4.74 Å². The Labute approximate surface area is 130 Å². The van der Waals surface area contributed by atoms with Gasteiger partial charge in [-0.2, -0.15) is 5.26 Å². The summed E-state index contributed by atoms with van der Waals surface area (Å²) in [7, 11) is 0. The van der Waals surface area contributed by atoms with Crippen LogP contribution in [-0.2, 0) is 12.8 Å². The molecule has 0 spiro atoms. The first-order valence-corrected chi connectivity index (χ1v) is 7.66. The molecular formula is C19H18FNO. The Morgan fingerprint density at radius 3 is 2.64 bits per heavy atom. The van der Waals surface area contributed by atoms with E-state index in [-0.39, 0.29) is 11.7 Å². The van der Waals surface area contributed by atoms with Gasteiger partial charge in [0.15, 0.2) is 0 Å². The van der Waals surface area contributed by atoms with E-state index in [2.05, 4.69) is 18.2 Å². The van der Waals surface area contributed by atoms with Crippen LogP contribution in [0.4, 0.5) is 4.39 Å². The summed E-state index contributed by atoms with van der Waals surface area (Å²) in [4.78, 5) is 0. The molecular weight excluding hydrogens is 277 g/mol. The number of halogens is 1. The molecule has 0 saturated heterocycles. The van der Waals surface area contributed by atoms with Crippen molar-refractivity contribution in [3.63, 3.8) is 0 Å². The lowest BCUT2D eigenvalue weighted by atomic mass is 9.98. The van der Waals surface area contributed by atoms with Crippen LogP contribution in [0.5, 0.6) is 5.75 Å². The summed E-state index contributed by atoms with van der Waals surface area (Å²) < 4.78 is 18.7. The molecule has 0 aromatic heterocycles. The van der Waals surface area contributed by atoms with Gasteiger partial charge in [-0.3, -0.25) is 0 Å². The van der Waals surface area contributed by atoms with E-state index in [1.54, 1.807) is 12.1 Å². The molecule has 22 heavy (non-hydrogen) atoms. The van der Waals surface area contributed by atoms with E-state index in [0.717, 1.165) is 24.2 Å². The second-order valence-electron chi connectivity index (χ2n) is 5.65. The standard InChI is InChI=1S/C19H18FNO/c20-18-7-4-15(5-8-18)17(13-21)10-11-22-19-9-6-14-2-1-3-16(14)12-19/h4-9,12,17H,1-3,10-11H2. The number of hydrogen-bond acceptors (Lipinski definition) is 2. The molecule has 1 atom stereocenters. The highest BCUT2D eigenvalue weighted by Crippen LogP contribution is 2.26. The summed E-state index contributed by atoms with van der Waals surface area (Å²) in [6.45, 7) is 0.481. The van der Waals surface area contributed by atoms with Crippen molar-refractivity contribution >= 4 is 0 Å². The third kappa shape index (κ3) is 3.28. The van der Waals surface area contributed by atoms with Gasteiger partial charge in [0.25, 0.3) is 0 Å². The number of aryl methyl sites for hydroxylation is 2. The smallest absolute Gasteiger partial charge is 0.123 e. The predicted molar refractivity (Wildman–Crippen MR) is 83.3 cm³/mol. The highest BCUT2D eigenvalue weighted by atomic mass is 19.1. The van der Waals surface area contributed by atoms with Crippen LogP contribution >= 0.6 is 0 Å². The van der Waals surface area contributed by atoms with Gasteiger partial charge in [0.05, 0.1) is 18.6 Å². The summed E-state index contributed by atoms with van der Waals surface area (Å²) in [5.74, 6) is 0.321. The first-order valence-electron chi connectivity index (χ1n) is 7.66. The molecule has 0 bridgehead atoms. The summed E-state index contributed by atoms with van der Waals surface area (Å²) in [6.07, 6.45) is 4.11. The zero-order chi connectivity index (χ0) is 15.4. The molecule has 1 aliphatic carbocycles. The van der Waals surface area contributed by atoms with Crippen molar-refractivity contribution in [2.24, 2.45) is 0 Å². The average molecular weight is 295 g/mol. The first kappa shape index (κ1) is 14.6. The molecule has 2 aromatic carbocycles. The van der Waals surface area contributed by atoms with E-state index in [0.29, 0.717) is 13.0 Å². The van der Waals surface area contributed by atoms with Crippen molar-refractivity contribution in [2.45, 2.75) is 31.6 Å². The van der Waals surface area contributed by atoms with Crippen LogP contribution < -0.4 is 4.74 Å². The minimum atomic E-state index is -0.283. The maximum absolute atomic E-state index is 12.9. The molecule has 2 aromatic rings. The third-order valence-electron chi connectivity index (χ3n) is 4.17. The summed E-state index contributed by atoms with van der Waals surface area (Å²) in [5, 5.41) is 9.27. The largest absolute Gasteiger partial charge is 0.494 e. The quantitative estimate of drug-likeness (QED) is 0.819. The van der Waals surface area contributed by atoms with Crippen molar-refractivity contribution in [1.29, 1.82) is 5.26 Å².